The fraction of sp³-hybridized carbons (Fsp3) is 0.400. The molecule has 1 aliphatic rings. The van der Waals surface area contributed by atoms with E-state index in [2.05, 4.69) is 22.0 Å². The van der Waals surface area contributed by atoms with Crippen LogP contribution >= 0.6 is 15.9 Å². The Morgan fingerprint density at radius 3 is 2.83 bits per heavy atom. The third-order valence-electron chi connectivity index (χ3n) is 2.31. The molecule has 0 aromatic heterocycles. The summed E-state index contributed by atoms with van der Waals surface area (Å²) >= 11 is 3.45. The number of halogens is 1. The van der Waals surface area contributed by atoms with E-state index in [9.17, 15) is 0 Å². The topological polar surface area (TPSA) is 26.0 Å². The Kier molecular flexibility index (Phi) is 2.09. The van der Waals surface area contributed by atoms with Crippen LogP contribution in [0.4, 0.5) is 5.69 Å². The van der Waals surface area contributed by atoms with Crippen LogP contribution in [0.3, 0.4) is 0 Å². The third kappa shape index (κ3) is 1.81. The zero-order valence-corrected chi connectivity index (χ0v) is 8.47. The summed E-state index contributed by atoms with van der Waals surface area (Å²) < 4.78 is 1.13. The quantitative estimate of drug-likeness (QED) is 0.770. The van der Waals surface area contributed by atoms with Crippen LogP contribution in [0.1, 0.15) is 18.4 Å². The van der Waals surface area contributed by atoms with Gasteiger partial charge in [0.1, 0.15) is 0 Å². The first-order valence-corrected chi connectivity index (χ1v) is 5.09. The lowest BCUT2D eigenvalue weighted by atomic mass is 10.1. The number of hydrogen-bond acceptors (Lipinski definition) is 1. The molecule has 0 unspecified atom stereocenters. The molecular formula is C10H12BrN. The normalized spacial score (nSPS) is 16.4. The average molecular weight is 226 g/mol. The van der Waals surface area contributed by atoms with Crippen molar-refractivity contribution in [2.75, 3.05) is 5.73 Å². The van der Waals surface area contributed by atoms with E-state index in [4.69, 9.17) is 5.73 Å². The maximum atomic E-state index is 5.84. The van der Waals surface area contributed by atoms with Crippen LogP contribution in [0.5, 0.6) is 0 Å². The number of nitrogen functional groups attached to an aromatic ring is 1. The van der Waals surface area contributed by atoms with Crippen molar-refractivity contribution in [3.63, 3.8) is 0 Å². The van der Waals surface area contributed by atoms with Gasteiger partial charge in [0.25, 0.3) is 0 Å². The van der Waals surface area contributed by atoms with Crippen molar-refractivity contribution in [3.05, 3.63) is 28.2 Å². The van der Waals surface area contributed by atoms with E-state index in [1.807, 2.05) is 12.1 Å². The van der Waals surface area contributed by atoms with Crippen molar-refractivity contribution in [3.8, 4) is 0 Å². The summed E-state index contributed by atoms with van der Waals surface area (Å²) in [6.07, 6.45) is 3.92. The second kappa shape index (κ2) is 3.09. The molecule has 1 aliphatic carbocycles. The van der Waals surface area contributed by atoms with Gasteiger partial charge in [-0.15, -0.1) is 0 Å². The van der Waals surface area contributed by atoms with Gasteiger partial charge in [-0.3, -0.25) is 0 Å². The van der Waals surface area contributed by atoms with Crippen molar-refractivity contribution in [2.45, 2.75) is 19.3 Å². The van der Waals surface area contributed by atoms with Crippen LogP contribution < -0.4 is 5.73 Å². The van der Waals surface area contributed by atoms with Crippen molar-refractivity contribution in [1.29, 1.82) is 0 Å². The molecule has 0 bridgehead atoms. The number of benzene rings is 1. The largest absolute Gasteiger partial charge is 0.399 e. The molecule has 0 atom stereocenters. The molecule has 0 amide bonds. The van der Waals surface area contributed by atoms with Crippen LogP contribution in [0.25, 0.3) is 0 Å². The van der Waals surface area contributed by atoms with E-state index in [0.29, 0.717) is 0 Å². The molecule has 1 aromatic carbocycles. The van der Waals surface area contributed by atoms with Gasteiger partial charge in [-0.1, -0.05) is 15.9 Å². The molecule has 1 aromatic rings. The summed E-state index contributed by atoms with van der Waals surface area (Å²) in [5.74, 6) is 0.904. The van der Waals surface area contributed by atoms with Gasteiger partial charge in [-0.2, -0.15) is 0 Å². The molecule has 2 heteroatoms. The summed E-state index contributed by atoms with van der Waals surface area (Å²) in [4.78, 5) is 0. The molecular weight excluding hydrogens is 214 g/mol. The zero-order chi connectivity index (χ0) is 8.55. The highest BCUT2D eigenvalue weighted by Gasteiger charge is 2.22. The summed E-state index contributed by atoms with van der Waals surface area (Å²) in [5.41, 5.74) is 8.08. The van der Waals surface area contributed by atoms with Gasteiger partial charge in [0.15, 0.2) is 0 Å². The van der Waals surface area contributed by atoms with Crippen molar-refractivity contribution in [1.82, 2.24) is 0 Å². The van der Waals surface area contributed by atoms with Crippen molar-refractivity contribution in [2.24, 2.45) is 5.92 Å². The van der Waals surface area contributed by atoms with E-state index in [1.165, 1.54) is 18.4 Å². The predicted octanol–water partition coefficient (Wildman–Crippen LogP) is 2.98. The third-order valence-corrected chi connectivity index (χ3v) is 2.80. The lowest BCUT2D eigenvalue weighted by Crippen LogP contribution is -1.95. The molecule has 12 heavy (non-hydrogen) atoms. The van der Waals surface area contributed by atoms with Crippen LogP contribution in [-0.2, 0) is 6.42 Å². The zero-order valence-electron chi connectivity index (χ0n) is 6.89. The molecule has 0 spiro atoms. The summed E-state index contributed by atoms with van der Waals surface area (Å²) in [7, 11) is 0. The first-order chi connectivity index (χ1) is 5.75. The van der Waals surface area contributed by atoms with Gasteiger partial charge < -0.3 is 5.73 Å². The van der Waals surface area contributed by atoms with E-state index in [1.54, 1.807) is 0 Å². The molecule has 64 valence electrons. The Bertz CT molecular complexity index is 292. The van der Waals surface area contributed by atoms with Crippen LogP contribution in [0, 0.1) is 5.92 Å². The van der Waals surface area contributed by atoms with E-state index in [-0.39, 0.29) is 0 Å². The molecule has 0 heterocycles. The minimum atomic E-state index is 0.904. The summed E-state index contributed by atoms with van der Waals surface area (Å²) in [6.45, 7) is 0. The van der Waals surface area contributed by atoms with Crippen molar-refractivity contribution < 1.29 is 0 Å². The van der Waals surface area contributed by atoms with E-state index < -0.39 is 0 Å². The summed E-state index contributed by atoms with van der Waals surface area (Å²) in [6, 6.07) is 6.10. The maximum Gasteiger partial charge on any atom is 0.0347 e. The lowest BCUT2D eigenvalue weighted by molar-refractivity contribution is 0.834. The highest BCUT2D eigenvalue weighted by atomic mass is 79.9. The number of nitrogens with two attached hydrogens (primary N) is 1. The van der Waals surface area contributed by atoms with Gasteiger partial charge in [0, 0.05) is 10.2 Å². The van der Waals surface area contributed by atoms with Crippen LogP contribution in [0.15, 0.2) is 22.7 Å². The Morgan fingerprint density at radius 1 is 1.42 bits per heavy atom. The van der Waals surface area contributed by atoms with Gasteiger partial charge >= 0.3 is 0 Å². The Morgan fingerprint density at radius 2 is 2.17 bits per heavy atom. The number of rotatable bonds is 2. The van der Waals surface area contributed by atoms with Gasteiger partial charge in [0.05, 0.1) is 0 Å². The molecule has 2 N–H and O–H groups in total. The van der Waals surface area contributed by atoms with Gasteiger partial charge in [0.2, 0.25) is 0 Å². The second-order valence-electron chi connectivity index (χ2n) is 3.49. The standard InChI is InChI=1S/C10H12BrN/c11-9-3-4-10(12)8(6-9)5-7-1-2-7/h3-4,6-7H,1-2,5,12H2. The molecule has 1 nitrogen and oxygen atoms in total. The molecule has 0 saturated heterocycles. The number of hydrogen-bond donors (Lipinski definition) is 1. The minimum Gasteiger partial charge on any atom is -0.399 e. The molecule has 1 saturated carbocycles. The van der Waals surface area contributed by atoms with E-state index >= 15 is 0 Å². The number of anilines is 1. The van der Waals surface area contributed by atoms with Crippen molar-refractivity contribution >= 4 is 21.6 Å². The fourth-order valence-corrected chi connectivity index (χ4v) is 1.79. The van der Waals surface area contributed by atoms with Gasteiger partial charge in [-0.05, 0) is 48.9 Å². The smallest absolute Gasteiger partial charge is 0.0347 e. The molecule has 0 aliphatic heterocycles. The van der Waals surface area contributed by atoms with Gasteiger partial charge in [-0.25, -0.2) is 0 Å². The minimum absolute atomic E-state index is 0.904. The Labute approximate surface area is 81.1 Å². The SMILES string of the molecule is Nc1ccc(Br)cc1CC1CC1. The Hall–Kier alpha value is -0.500. The van der Waals surface area contributed by atoms with Crippen LogP contribution in [0.2, 0.25) is 0 Å². The first-order valence-electron chi connectivity index (χ1n) is 4.29. The lowest BCUT2D eigenvalue weighted by Gasteiger charge is -2.04. The second-order valence-corrected chi connectivity index (χ2v) is 4.41. The molecule has 1 fully saturated rings. The maximum absolute atomic E-state index is 5.84. The predicted molar refractivity (Wildman–Crippen MR) is 55.0 cm³/mol. The monoisotopic (exact) mass is 225 g/mol. The summed E-state index contributed by atoms with van der Waals surface area (Å²) in [5, 5.41) is 0. The van der Waals surface area contributed by atoms with E-state index in [0.717, 1.165) is 22.5 Å². The highest BCUT2D eigenvalue weighted by molar-refractivity contribution is 9.10. The fourth-order valence-electron chi connectivity index (χ4n) is 1.38. The average Bonchev–Trinajstić information content (AvgIpc) is 2.81. The molecule has 2 rings (SSSR count). The Balaban J connectivity index is 2.21. The molecule has 0 radical (unpaired) electrons. The highest BCUT2D eigenvalue weighted by Crippen LogP contribution is 2.34. The van der Waals surface area contributed by atoms with Crippen LogP contribution in [-0.4, -0.2) is 0 Å². The first kappa shape index (κ1) is 8.11.